The van der Waals surface area contributed by atoms with Crippen LogP contribution in [0.4, 0.5) is 0 Å². The summed E-state index contributed by atoms with van der Waals surface area (Å²) in [4.78, 5) is 24.5. The maximum Gasteiger partial charge on any atom is 0.408 e. The summed E-state index contributed by atoms with van der Waals surface area (Å²) in [5.74, 6) is -14.4. The van der Waals surface area contributed by atoms with Gasteiger partial charge in [-0.05, 0) is 0 Å². The minimum absolute atomic E-state index is 1.09. The Labute approximate surface area is 160 Å². The van der Waals surface area contributed by atoms with Gasteiger partial charge in [0.15, 0.2) is 6.10 Å². The van der Waals surface area contributed by atoms with Gasteiger partial charge in [0.05, 0.1) is 6.61 Å². The van der Waals surface area contributed by atoms with Crippen LogP contribution in [0.1, 0.15) is 0 Å². The van der Waals surface area contributed by atoms with Gasteiger partial charge in [-0.15, -0.1) is 0 Å². The van der Waals surface area contributed by atoms with Crippen molar-refractivity contribution in [1.29, 1.82) is 0 Å². The zero-order valence-electron chi connectivity index (χ0n) is 14.0. The van der Waals surface area contributed by atoms with Crippen LogP contribution in [-0.2, 0) is 42.6 Å². The predicted molar refractivity (Wildman–Crippen MR) is 76.8 cm³/mol. The SMILES string of the molecule is O=C1OC2(C(O)[C@@]3(O)O[C@H](CO)[C@H](O)[C@H](O)[C@H]3O)OS(=O)(=O)OC1(CO)OC2=O. The molecule has 4 saturated heterocycles. The average Bonchev–Trinajstić information content (AvgIpc) is 2.80. The molecule has 0 aromatic carbocycles. The van der Waals surface area contributed by atoms with Crippen molar-refractivity contribution in [2.75, 3.05) is 13.2 Å². The number of aliphatic hydroxyl groups excluding tert-OH is 6. The first-order valence-electron chi connectivity index (χ1n) is 7.76. The summed E-state index contributed by atoms with van der Waals surface area (Å²) in [7, 11) is -5.44. The van der Waals surface area contributed by atoms with Crippen LogP contribution < -0.4 is 0 Å². The predicted octanol–water partition coefficient (Wildman–Crippen LogP) is -6.71. The highest BCUT2D eigenvalue weighted by Gasteiger charge is 2.76. The van der Waals surface area contributed by atoms with Crippen LogP contribution in [0, 0.1) is 0 Å². The zero-order chi connectivity index (χ0) is 22.0. The third kappa shape index (κ3) is 3.02. The molecule has 0 saturated carbocycles. The Morgan fingerprint density at radius 1 is 1.00 bits per heavy atom. The van der Waals surface area contributed by atoms with Gasteiger partial charge < -0.3 is 50.0 Å². The van der Waals surface area contributed by atoms with Crippen molar-refractivity contribution in [3.63, 3.8) is 0 Å². The lowest BCUT2D eigenvalue weighted by Crippen LogP contribution is -2.76. The lowest BCUT2D eigenvalue weighted by atomic mass is 9.86. The summed E-state index contributed by atoms with van der Waals surface area (Å²) in [5, 5.41) is 69.1. The number of carbonyl (C=O) groups excluding carboxylic acids is 2. The number of ether oxygens (including phenoxy) is 3. The minimum Gasteiger partial charge on any atom is -0.413 e. The third-order valence-corrected chi connectivity index (χ3v) is 5.44. The van der Waals surface area contributed by atoms with Crippen LogP contribution in [-0.4, -0.2) is 117 Å². The van der Waals surface area contributed by atoms with E-state index in [0.29, 0.717) is 0 Å². The van der Waals surface area contributed by atoms with Gasteiger partial charge in [0.1, 0.15) is 31.0 Å². The van der Waals surface area contributed by atoms with Crippen LogP contribution in [0.15, 0.2) is 0 Å². The van der Waals surface area contributed by atoms with Crippen molar-refractivity contribution in [2.45, 2.75) is 47.9 Å². The molecule has 4 heterocycles. The van der Waals surface area contributed by atoms with Crippen LogP contribution in [0.2, 0.25) is 0 Å². The number of hydrogen-bond acceptors (Lipinski definition) is 16. The van der Waals surface area contributed by atoms with E-state index in [2.05, 4.69) is 17.8 Å². The Bertz CT molecular complexity index is 811. The fourth-order valence-electron chi connectivity index (χ4n) is 2.97. The van der Waals surface area contributed by atoms with Gasteiger partial charge in [0.25, 0.3) is 0 Å². The van der Waals surface area contributed by atoms with Gasteiger partial charge in [-0.2, -0.15) is 16.8 Å². The van der Waals surface area contributed by atoms with Gasteiger partial charge in [0.2, 0.25) is 5.79 Å². The minimum atomic E-state index is -5.44. The standard InChI is InChI=1S/C12H16O16S/c13-1-3-4(15)5(16)6(17)11(21,24-3)7(18)12-9(20)25-10(2-14,8(19)26-12)27-29(22,23)28-12/h3-7,13-18,21H,1-2H2/t3-,4+,5+,6-,7?,10?,11+,12?/m1/s1. The maximum absolute atomic E-state index is 12.4. The van der Waals surface area contributed by atoms with E-state index in [1.807, 2.05) is 0 Å². The van der Waals surface area contributed by atoms with Gasteiger partial charge in [-0.3, -0.25) is 0 Å². The average molecular weight is 448 g/mol. The van der Waals surface area contributed by atoms with Crippen molar-refractivity contribution < 1.29 is 76.3 Å². The van der Waals surface area contributed by atoms with Crippen molar-refractivity contribution in [3.8, 4) is 0 Å². The molecule has 4 rings (SSSR count). The molecule has 0 spiro atoms. The highest BCUT2D eigenvalue weighted by atomic mass is 32.3. The van der Waals surface area contributed by atoms with E-state index < -0.39 is 83.4 Å². The Balaban J connectivity index is 2.10. The smallest absolute Gasteiger partial charge is 0.408 e. The van der Waals surface area contributed by atoms with Gasteiger partial charge in [-0.25, -0.2) is 9.59 Å². The number of esters is 2. The molecule has 16 nitrogen and oxygen atoms in total. The number of carbonyl (C=O) groups is 2. The van der Waals surface area contributed by atoms with Gasteiger partial charge >= 0.3 is 33.9 Å². The maximum atomic E-state index is 12.4. The van der Waals surface area contributed by atoms with Crippen LogP contribution in [0.5, 0.6) is 0 Å². The van der Waals surface area contributed by atoms with E-state index in [-0.39, 0.29) is 0 Å². The van der Waals surface area contributed by atoms with Gasteiger partial charge in [0, 0.05) is 0 Å². The number of aliphatic hydroxyl groups is 7. The molecule has 4 fully saturated rings. The molecule has 4 aliphatic rings. The Morgan fingerprint density at radius 3 is 2.17 bits per heavy atom. The second kappa shape index (κ2) is 6.75. The topological polar surface area (TPSA) is 256 Å². The molecule has 0 amide bonds. The first-order chi connectivity index (χ1) is 13.3. The van der Waals surface area contributed by atoms with Crippen LogP contribution >= 0.6 is 0 Å². The molecule has 166 valence electrons. The monoisotopic (exact) mass is 448 g/mol. The molecule has 4 aliphatic heterocycles. The molecule has 0 radical (unpaired) electrons. The normalized spacial score (nSPS) is 47.8. The molecule has 0 aromatic heterocycles. The molecule has 8 atom stereocenters. The third-order valence-electron chi connectivity index (χ3n) is 4.52. The van der Waals surface area contributed by atoms with Crippen molar-refractivity contribution in [2.24, 2.45) is 0 Å². The molecule has 0 aromatic rings. The van der Waals surface area contributed by atoms with E-state index in [0.717, 1.165) is 0 Å². The number of hydrogen-bond donors (Lipinski definition) is 7. The Kier molecular flexibility index (Phi) is 5.16. The Morgan fingerprint density at radius 2 is 1.62 bits per heavy atom. The molecule has 17 heteroatoms. The van der Waals surface area contributed by atoms with E-state index in [9.17, 15) is 53.8 Å². The van der Waals surface area contributed by atoms with Crippen molar-refractivity contribution >= 4 is 22.3 Å². The lowest BCUT2D eigenvalue weighted by molar-refractivity contribution is -0.405. The molecule has 29 heavy (non-hydrogen) atoms. The van der Waals surface area contributed by atoms with Crippen molar-refractivity contribution in [3.05, 3.63) is 0 Å². The second-order valence-corrected chi connectivity index (χ2v) is 7.50. The molecular formula is C12H16O16S. The summed E-state index contributed by atoms with van der Waals surface area (Å²) in [5.41, 5.74) is 0. The summed E-state index contributed by atoms with van der Waals surface area (Å²) in [6.07, 6.45) is -12.0. The molecule has 0 aliphatic carbocycles. The Hall–Kier alpha value is -1.51. The largest absolute Gasteiger partial charge is 0.413 e. The quantitative estimate of drug-likeness (QED) is 0.197. The lowest BCUT2D eigenvalue weighted by Gasteiger charge is -2.50. The summed E-state index contributed by atoms with van der Waals surface area (Å²) < 4.78 is 46.0. The van der Waals surface area contributed by atoms with E-state index in [1.54, 1.807) is 0 Å². The summed E-state index contributed by atoms with van der Waals surface area (Å²) in [6, 6.07) is 0. The van der Waals surface area contributed by atoms with Gasteiger partial charge in [-0.1, -0.05) is 0 Å². The molecule has 2 bridgehead atoms. The first-order valence-corrected chi connectivity index (χ1v) is 9.09. The second-order valence-electron chi connectivity index (χ2n) is 6.35. The summed E-state index contributed by atoms with van der Waals surface area (Å²) >= 11 is 0. The van der Waals surface area contributed by atoms with Crippen LogP contribution in [0.25, 0.3) is 0 Å². The number of fused-ring (bicyclic) bond motifs is 4. The molecule has 7 N–H and O–H groups in total. The van der Waals surface area contributed by atoms with E-state index in [1.165, 1.54) is 0 Å². The zero-order valence-corrected chi connectivity index (χ0v) is 14.8. The van der Waals surface area contributed by atoms with E-state index in [4.69, 9.17) is 4.74 Å². The molecular weight excluding hydrogens is 432 g/mol. The fraction of sp³-hybridized carbons (Fsp3) is 0.833. The highest BCUT2D eigenvalue weighted by Crippen LogP contribution is 2.44. The van der Waals surface area contributed by atoms with Crippen molar-refractivity contribution in [1.82, 2.24) is 0 Å². The summed E-state index contributed by atoms with van der Waals surface area (Å²) in [6.45, 7) is -2.64. The van der Waals surface area contributed by atoms with Crippen LogP contribution in [0.3, 0.4) is 0 Å². The fourth-order valence-corrected chi connectivity index (χ4v) is 3.98. The number of rotatable bonds is 4. The first kappa shape index (κ1) is 22.2. The van der Waals surface area contributed by atoms with E-state index >= 15 is 0 Å². The molecule has 3 unspecified atom stereocenters. The highest BCUT2D eigenvalue weighted by molar-refractivity contribution is 7.82.